The maximum absolute atomic E-state index is 12.0. The van der Waals surface area contributed by atoms with Crippen molar-refractivity contribution in [1.29, 1.82) is 0 Å². The minimum atomic E-state index is -0.0367. The molecule has 0 saturated heterocycles. The Labute approximate surface area is 127 Å². The zero-order chi connectivity index (χ0) is 14.2. The topological polar surface area (TPSA) is 26.3 Å². The van der Waals surface area contributed by atoms with Crippen LogP contribution in [0.4, 0.5) is 0 Å². The van der Waals surface area contributed by atoms with Crippen molar-refractivity contribution in [2.24, 2.45) is 11.8 Å². The fraction of sp³-hybridized carbons (Fsp3) is 0.471. The zero-order valence-electron chi connectivity index (χ0n) is 12.0. The number of hydrogen-bond acceptors (Lipinski definition) is 2. The number of esters is 1. The van der Waals surface area contributed by atoms with Crippen molar-refractivity contribution in [2.75, 3.05) is 7.11 Å². The Kier molecular flexibility index (Phi) is 6.35. The van der Waals surface area contributed by atoms with Crippen LogP contribution < -0.4 is 4.46 Å². The van der Waals surface area contributed by atoms with Crippen LogP contribution in [0.3, 0.4) is 0 Å². The first-order valence-corrected chi connectivity index (χ1v) is 9.30. The molecule has 0 radical (unpaired) electrons. The molecular formula is C17H22O2Se. The Hall–Kier alpha value is -1.05. The first-order chi connectivity index (χ1) is 9.81. The van der Waals surface area contributed by atoms with Crippen LogP contribution in [0.1, 0.15) is 25.7 Å². The second-order valence-corrected chi connectivity index (χ2v) is 7.55. The third-order valence-corrected chi connectivity index (χ3v) is 5.95. The molecule has 0 saturated carbocycles. The molecule has 2 atom stereocenters. The number of rotatable bonds is 6. The molecule has 0 spiro atoms. The molecule has 1 aromatic carbocycles. The molecule has 2 nitrogen and oxygen atoms in total. The summed E-state index contributed by atoms with van der Waals surface area (Å²) in [4.78, 5) is 12.0. The number of carbonyl (C=O) groups is 1. The Morgan fingerprint density at radius 1 is 1.40 bits per heavy atom. The van der Waals surface area contributed by atoms with E-state index < -0.39 is 0 Å². The predicted molar refractivity (Wildman–Crippen MR) is 83.2 cm³/mol. The molecule has 0 fully saturated rings. The maximum atomic E-state index is 12.0. The van der Waals surface area contributed by atoms with Crippen molar-refractivity contribution < 1.29 is 9.53 Å². The van der Waals surface area contributed by atoms with Crippen LogP contribution in [0, 0.1) is 11.8 Å². The summed E-state index contributed by atoms with van der Waals surface area (Å²) in [6.07, 6.45) is 8.84. The molecule has 2 rings (SSSR count). The van der Waals surface area contributed by atoms with Gasteiger partial charge in [0, 0.05) is 0 Å². The van der Waals surface area contributed by atoms with Crippen LogP contribution in [0.2, 0.25) is 5.32 Å². The number of allylic oxidation sites excluding steroid dienone is 2. The van der Waals surface area contributed by atoms with Crippen LogP contribution in [-0.4, -0.2) is 28.0 Å². The summed E-state index contributed by atoms with van der Waals surface area (Å²) < 4.78 is 6.41. The van der Waals surface area contributed by atoms with E-state index in [1.807, 2.05) is 6.07 Å². The van der Waals surface area contributed by atoms with Crippen LogP contribution >= 0.6 is 0 Å². The van der Waals surface area contributed by atoms with Gasteiger partial charge in [-0.05, 0) is 0 Å². The molecule has 1 aromatic rings. The van der Waals surface area contributed by atoms with Crippen LogP contribution in [0.5, 0.6) is 0 Å². The first-order valence-electron chi connectivity index (χ1n) is 7.23. The number of ether oxygens (including phenoxy) is 1. The van der Waals surface area contributed by atoms with Gasteiger partial charge in [0.25, 0.3) is 0 Å². The second-order valence-electron chi connectivity index (χ2n) is 5.10. The summed E-state index contributed by atoms with van der Waals surface area (Å²) in [6.45, 7) is 0. The molecule has 1 aliphatic carbocycles. The van der Waals surface area contributed by atoms with E-state index in [1.165, 1.54) is 18.0 Å². The van der Waals surface area contributed by atoms with Gasteiger partial charge in [0.2, 0.25) is 0 Å². The molecular weight excluding hydrogens is 315 g/mol. The average Bonchev–Trinajstić information content (AvgIpc) is 2.53. The van der Waals surface area contributed by atoms with E-state index >= 15 is 0 Å². The van der Waals surface area contributed by atoms with Crippen molar-refractivity contribution >= 4 is 25.4 Å². The third kappa shape index (κ3) is 4.50. The van der Waals surface area contributed by atoms with E-state index in [-0.39, 0.29) is 11.9 Å². The van der Waals surface area contributed by atoms with E-state index in [0.29, 0.717) is 20.9 Å². The van der Waals surface area contributed by atoms with E-state index in [0.717, 1.165) is 24.6 Å². The summed E-state index contributed by atoms with van der Waals surface area (Å²) in [7, 11) is 1.50. The molecule has 0 bridgehead atoms. The van der Waals surface area contributed by atoms with Gasteiger partial charge in [0.05, 0.1) is 0 Å². The molecule has 3 heteroatoms. The van der Waals surface area contributed by atoms with Crippen LogP contribution in [0.25, 0.3) is 0 Å². The van der Waals surface area contributed by atoms with Crippen molar-refractivity contribution in [3.63, 3.8) is 0 Å². The van der Waals surface area contributed by atoms with Gasteiger partial charge >= 0.3 is 127 Å². The molecule has 0 N–H and O–H groups in total. The predicted octanol–water partition coefficient (Wildman–Crippen LogP) is 2.97. The Bertz CT molecular complexity index is 442. The SMILES string of the molecule is COC(=O)C(CC[Se]c1ccccc1)[C@@H]1C=CCCC1. The standard InChI is InChI=1S/C17H22O2Se/c1-19-17(18)16(14-8-4-2-5-9-14)12-13-20-15-10-6-3-7-11-15/h3-4,6-8,10-11,14,16H,2,5,9,12-13H2,1H3/t14-,16?/m1/s1. The summed E-state index contributed by atoms with van der Waals surface area (Å²) in [5.41, 5.74) is 0. The Morgan fingerprint density at radius 2 is 2.20 bits per heavy atom. The summed E-state index contributed by atoms with van der Waals surface area (Å²) >= 11 is 0.450. The molecule has 108 valence electrons. The van der Waals surface area contributed by atoms with Gasteiger partial charge in [-0.1, -0.05) is 0 Å². The van der Waals surface area contributed by atoms with E-state index in [2.05, 4.69) is 36.4 Å². The quantitative estimate of drug-likeness (QED) is 0.453. The monoisotopic (exact) mass is 338 g/mol. The number of hydrogen-bond donors (Lipinski definition) is 0. The molecule has 20 heavy (non-hydrogen) atoms. The second kappa shape index (κ2) is 8.28. The molecule has 0 amide bonds. The Morgan fingerprint density at radius 3 is 2.85 bits per heavy atom. The van der Waals surface area contributed by atoms with Gasteiger partial charge in [-0.25, -0.2) is 0 Å². The van der Waals surface area contributed by atoms with Crippen molar-refractivity contribution in [3.05, 3.63) is 42.5 Å². The molecule has 0 aromatic heterocycles. The van der Waals surface area contributed by atoms with Gasteiger partial charge in [0.15, 0.2) is 0 Å². The average molecular weight is 337 g/mol. The summed E-state index contributed by atoms with van der Waals surface area (Å²) in [5.74, 6) is 0.385. The number of carbonyl (C=O) groups excluding carboxylic acids is 1. The van der Waals surface area contributed by atoms with Gasteiger partial charge in [-0.15, -0.1) is 0 Å². The zero-order valence-corrected chi connectivity index (χ0v) is 13.7. The van der Waals surface area contributed by atoms with Crippen LogP contribution in [0.15, 0.2) is 42.5 Å². The van der Waals surface area contributed by atoms with Crippen LogP contribution in [-0.2, 0) is 9.53 Å². The molecule has 1 aliphatic rings. The van der Waals surface area contributed by atoms with E-state index in [4.69, 9.17) is 4.74 Å². The molecule has 0 heterocycles. The van der Waals surface area contributed by atoms with E-state index in [9.17, 15) is 4.79 Å². The molecule has 1 unspecified atom stereocenters. The third-order valence-electron chi connectivity index (χ3n) is 3.75. The Balaban J connectivity index is 1.89. The normalized spacial score (nSPS) is 19.6. The molecule has 0 aliphatic heterocycles. The summed E-state index contributed by atoms with van der Waals surface area (Å²) in [6, 6.07) is 10.6. The first kappa shape index (κ1) is 15.3. The van der Waals surface area contributed by atoms with Crippen molar-refractivity contribution in [3.8, 4) is 0 Å². The van der Waals surface area contributed by atoms with Gasteiger partial charge in [0.1, 0.15) is 0 Å². The number of benzene rings is 1. The summed E-state index contributed by atoms with van der Waals surface area (Å²) in [5, 5.41) is 1.10. The van der Waals surface area contributed by atoms with E-state index in [1.54, 1.807) is 0 Å². The van der Waals surface area contributed by atoms with Gasteiger partial charge in [-0.2, -0.15) is 0 Å². The van der Waals surface area contributed by atoms with Gasteiger partial charge < -0.3 is 0 Å². The van der Waals surface area contributed by atoms with Crippen molar-refractivity contribution in [1.82, 2.24) is 0 Å². The van der Waals surface area contributed by atoms with Crippen molar-refractivity contribution in [2.45, 2.75) is 31.0 Å². The van der Waals surface area contributed by atoms with Gasteiger partial charge in [-0.3, -0.25) is 0 Å². The minimum absolute atomic E-state index is 0.0367. The number of methoxy groups -OCH3 is 1. The fourth-order valence-corrected chi connectivity index (χ4v) is 4.66. The fourth-order valence-electron chi connectivity index (χ4n) is 2.65.